The van der Waals surface area contributed by atoms with E-state index in [2.05, 4.69) is 59.7 Å². The van der Waals surface area contributed by atoms with Crippen molar-refractivity contribution in [3.63, 3.8) is 0 Å². The molecule has 2 heterocycles. The van der Waals surface area contributed by atoms with E-state index in [0.717, 1.165) is 32.0 Å². The molecule has 4 heteroatoms. The van der Waals surface area contributed by atoms with E-state index in [1.165, 1.54) is 22.3 Å². The first-order valence-electron chi connectivity index (χ1n) is 8.05. The van der Waals surface area contributed by atoms with Gasteiger partial charge in [0.25, 0.3) is 0 Å². The van der Waals surface area contributed by atoms with Crippen molar-refractivity contribution in [3.8, 4) is 0 Å². The molecule has 118 valence electrons. The maximum absolute atomic E-state index is 4.57. The fourth-order valence-electron chi connectivity index (χ4n) is 3.30. The van der Waals surface area contributed by atoms with Crippen LogP contribution in [-0.2, 0) is 13.6 Å². The quantitative estimate of drug-likeness (QED) is 0.945. The maximum atomic E-state index is 4.57. The summed E-state index contributed by atoms with van der Waals surface area (Å²) < 4.78 is 2.14. The normalized spacial score (nSPS) is 19.5. The Morgan fingerprint density at radius 3 is 2.68 bits per heavy atom. The van der Waals surface area contributed by atoms with Gasteiger partial charge in [0.15, 0.2) is 0 Å². The molecule has 1 N–H and O–H groups in total. The molecule has 0 amide bonds. The van der Waals surface area contributed by atoms with Crippen LogP contribution in [-0.4, -0.2) is 34.1 Å². The Hall–Kier alpha value is -1.65. The summed E-state index contributed by atoms with van der Waals surface area (Å²) in [5.74, 6) is 1.15. The summed E-state index contributed by atoms with van der Waals surface area (Å²) >= 11 is 0. The van der Waals surface area contributed by atoms with Gasteiger partial charge in [-0.2, -0.15) is 0 Å². The van der Waals surface area contributed by atoms with Crippen molar-refractivity contribution in [1.29, 1.82) is 0 Å². The Labute approximate surface area is 133 Å². The predicted octanol–water partition coefficient (Wildman–Crippen LogP) is 2.49. The minimum Gasteiger partial charge on any atom is -0.337 e. The Bertz CT molecular complexity index is 659. The number of benzene rings is 1. The van der Waals surface area contributed by atoms with Crippen LogP contribution >= 0.6 is 0 Å². The highest BCUT2D eigenvalue weighted by molar-refractivity contribution is 5.36. The number of imidazole rings is 1. The van der Waals surface area contributed by atoms with Gasteiger partial charge in [0, 0.05) is 45.6 Å². The largest absolute Gasteiger partial charge is 0.337 e. The minimum absolute atomic E-state index is 0.342. The number of aryl methyl sites for hydroxylation is 4. The summed E-state index contributed by atoms with van der Waals surface area (Å²) in [5, 5.41) is 3.51. The molecular weight excluding hydrogens is 272 g/mol. The van der Waals surface area contributed by atoms with Crippen LogP contribution in [0.3, 0.4) is 0 Å². The molecule has 1 aromatic heterocycles. The lowest BCUT2D eigenvalue weighted by molar-refractivity contribution is 0.144. The second-order valence-corrected chi connectivity index (χ2v) is 6.45. The molecule has 0 spiro atoms. The van der Waals surface area contributed by atoms with Crippen LogP contribution < -0.4 is 5.32 Å². The minimum atomic E-state index is 0.342. The van der Waals surface area contributed by atoms with E-state index in [1.54, 1.807) is 0 Å². The molecule has 2 aromatic rings. The van der Waals surface area contributed by atoms with Gasteiger partial charge in [-0.1, -0.05) is 12.1 Å². The lowest BCUT2D eigenvalue weighted by Gasteiger charge is -2.36. The molecule has 1 atom stereocenters. The van der Waals surface area contributed by atoms with Crippen LogP contribution in [0.25, 0.3) is 0 Å². The van der Waals surface area contributed by atoms with E-state index in [4.69, 9.17) is 0 Å². The molecule has 1 saturated heterocycles. The fourth-order valence-corrected chi connectivity index (χ4v) is 3.30. The Morgan fingerprint density at radius 1 is 1.18 bits per heavy atom. The SMILES string of the molecule is Cc1cc(C)c(CN2CCNCC2c2nccn2C)cc1C. The van der Waals surface area contributed by atoms with Gasteiger partial charge in [-0.15, -0.1) is 0 Å². The third kappa shape index (κ3) is 2.94. The summed E-state index contributed by atoms with van der Waals surface area (Å²) in [4.78, 5) is 7.12. The van der Waals surface area contributed by atoms with E-state index >= 15 is 0 Å². The lowest BCUT2D eigenvalue weighted by Crippen LogP contribution is -2.46. The number of hydrogen-bond donors (Lipinski definition) is 1. The standard InChI is InChI=1S/C18H26N4/c1-13-9-15(3)16(10-14(13)2)12-22-8-5-19-11-17(22)18-20-6-7-21(18)4/h6-7,9-10,17,19H,5,8,11-12H2,1-4H3. The maximum Gasteiger partial charge on any atom is 0.127 e. The molecule has 1 aliphatic heterocycles. The lowest BCUT2D eigenvalue weighted by atomic mass is 9.99. The van der Waals surface area contributed by atoms with Crippen molar-refractivity contribution in [3.05, 3.63) is 52.6 Å². The highest BCUT2D eigenvalue weighted by Crippen LogP contribution is 2.25. The van der Waals surface area contributed by atoms with Crippen LogP contribution in [0.4, 0.5) is 0 Å². The number of aromatic nitrogens is 2. The summed E-state index contributed by atoms with van der Waals surface area (Å²) in [5.41, 5.74) is 5.58. The number of rotatable bonds is 3. The molecule has 1 aromatic carbocycles. The van der Waals surface area contributed by atoms with Gasteiger partial charge in [-0.25, -0.2) is 4.98 Å². The molecule has 22 heavy (non-hydrogen) atoms. The smallest absolute Gasteiger partial charge is 0.127 e. The van der Waals surface area contributed by atoms with E-state index < -0.39 is 0 Å². The van der Waals surface area contributed by atoms with Gasteiger partial charge in [-0.3, -0.25) is 4.90 Å². The zero-order chi connectivity index (χ0) is 15.7. The predicted molar refractivity (Wildman–Crippen MR) is 89.9 cm³/mol. The third-order valence-electron chi connectivity index (χ3n) is 4.84. The van der Waals surface area contributed by atoms with E-state index in [1.807, 2.05) is 12.4 Å². The van der Waals surface area contributed by atoms with Gasteiger partial charge in [-0.05, 0) is 43.0 Å². The van der Waals surface area contributed by atoms with Crippen molar-refractivity contribution >= 4 is 0 Å². The average Bonchev–Trinajstić information content (AvgIpc) is 2.91. The zero-order valence-electron chi connectivity index (χ0n) is 14.1. The van der Waals surface area contributed by atoms with E-state index in [0.29, 0.717) is 6.04 Å². The first kappa shape index (κ1) is 15.3. The first-order chi connectivity index (χ1) is 10.6. The molecule has 0 bridgehead atoms. The Morgan fingerprint density at radius 2 is 1.95 bits per heavy atom. The molecule has 1 fully saturated rings. The molecule has 0 radical (unpaired) electrons. The molecule has 0 saturated carbocycles. The second kappa shape index (κ2) is 6.23. The molecule has 4 nitrogen and oxygen atoms in total. The molecular formula is C18H26N4. The van der Waals surface area contributed by atoms with Crippen LogP contribution in [0, 0.1) is 20.8 Å². The summed E-state index contributed by atoms with van der Waals surface area (Å²) in [7, 11) is 2.08. The highest BCUT2D eigenvalue weighted by Gasteiger charge is 2.27. The van der Waals surface area contributed by atoms with Crippen molar-refractivity contribution in [2.45, 2.75) is 33.4 Å². The van der Waals surface area contributed by atoms with Gasteiger partial charge >= 0.3 is 0 Å². The third-order valence-corrected chi connectivity index (χ3v) is 4.84. The number of nitrogens with one attached hydrogen (secondary N) is 1. The van der Waals surface area contributed by atoms with Crippen LogP contribution in [0.2, 0.25) is 0 Å². The molecule has 1 unspecified atom stereocenters. The van der Waals surface area contributed by atoms with Crippen LogP contribution in [0.5, 0.6) is 0 Å². The van der Waals surface area contributed by atoms with Gasteiger partial charge < -0.3 is 9.88 Å². The van der Waals surface area contributed by atoms with Crippen molar-refractivity contribution in [2.24, 2.45) is 7.05 Å². The average molecular weight is 298 g/mol. The van der Waals surface area contributed by atoms with Gasteiger partial charge in [0.2, 0.25) is 0 Å². The molecule has 3 rings (SSSR count). The summed E-state index contributed by atoms with van der Waals surface area (Å²) in [6, 6.07) is 5.00. The topological polar surface area (TPSA) is 33.1 Å². The molecule has 1 aliphatic rings. The monoisotopic (exact) mass is 298 g/mol. The zero-order valence-corrected chi connectivity index (χ0v) is 14.1. The van der Waals surface area contributed by atoms with Crippen molar-refractivity contribution in [2.75, 3.05) is 19.6 Å². The van der Waals surface area contributed by atoms with E-state index in [-0.39, 0.29) is 0 Å². The second-order valence-electron chi connectivity index (χ2n) is 6.45. The van der Waals surface area contributed by atoms with E-state index in [9.17, 15) is 0 Å². The number of hydrogen-bond acceptors (Lipinski definition) is 3. The van der Waals surface area contributed by atoms with Crippen molar-refractivity contribution in [1.82, 2.24) is 19.8 Å². The van der Waals surface area contributed by atoms with Crippen LogP contribution in [0.15, 0.2) is 24.5 Å². The number of piperazine rings is 1. The Kier molecular flexibility index (Phi) is 4.32. The summed E-state index contributed by atoms with van der Waals surface area (Å²) in [6.45, 7) is 10.7. The van der Waals surface area contributed by atoms with Gasteiger partial charge in [0.1, 0.15) is 5.82 Å². The highest BCUT2D eigenvalue weighted by atomic mass is 15.3. The van der Waals surface area contributed by atoms with Crippen molar-refractivity contribution < 1.29 is 0 Å². The molecule has 0 aliphatic carbocycles. The fraction of sp³-hybridized carbons (Fsp3) is 0.500. The number of nitrogens with zero attached hydrogens (tertiary/aromatic N) is 3. The van der Waals surface area contributed by atoms with Crippen LogP contribution in [0.1, 0.15) is 34.1 Å². The van der Waals surface area contributed by atoms with Gasteiger partial charge in [0.05, 0.1) is 6.04 Å². The summed E-state index contributed by atoms with van der Waals surface area (Å²) in [6.07, 6.45) is 3.92. The first-order valence-corrected chi connectivity index (χ1v) is 8.05. The Balaban J connectivity index is 1.86.